The number of carboxylic acids is 1. The Labute approximate surface area is 376 Å². The van der Waals surface area contributed by atoms with E-state index in [1.165, 1.54) is 35.4 Å². The highest BCUT2D eigenvalue weighted by Crippen LogP contribution is 2.46. The number of unbranched alkanes of at least 4 members (excludes halogenated alkanes) is 3. The minimum Gasteiger partial charge on any atom is -0.847 e. The van der Waals surface area contributed by atoms with E-state index in [1.807, 2.05) is 25.1 Å². The Morgan fingerprint density at radius 3 is 2.62 bits per heavy atom. The number of carboxylic acid groups (broad SMARTS) is 1. The minimum absolute atomic E-state index is 0.0428. The Balaban J connectivity index is 0.889. The molecule has 0 spiro atoms. The first-order valence-electron chi connectivity index (χ1n) is 20.6. The summed E-state index contributed by atoms with van der Waals surface area (Å²) in [6.07, 6.45) is -1.79. The fourth-order valence-corrected chi connectivity index (χ4v) is 8.92. The summed E-state index contributed by atoms with van der Waals surface area (Å²) in [6.45, 7) is 1.74. The van der Waals surface area contributed by atoms with E-state index in [9.17, 15) is 34.3 Å². The number of aliphatic hydroxyl groups excluding tert-OH is 1. The molecule has 65 heavy (non-hydrogen) atoms. The number of carbonyl (C=O) groups is 2. The summed E-state index contributed by atoms with van der Waals surface area (Å²) < 4.78 is 38.0. The van der Waals surface area contributed by atoms with Crippen molar-refractivity contribution >= 4 is 70.6 Å². The smallest absolute Gasteiger partial charge is 0.435 e. The number of imidazole rings is 1. The van der Waals surface area contributed by atoms with Crippen molar-refractivity contribution in [2.24, 2.45) is 5.73 Å². The lowest BCUT2D eigenvalue weighted by Gasteiger charge is -2.26. The van der Waals surface area contributed by atoms with E-state index in [4.69, 9.17) is 47.0 Å². The van der Waals surface area contributed by atoms with Crippen LogP contribution in [0.4, 0.5) is 11.5 Å². The molecule has 1 fully saturated rings. The Bertz CT molecular complexity index is 2790. The maximum absolute atomic E-state index is 13.9. The number of hydrogen-bond acceptors (Lipinski definition) is 17. The van der Waals surface area contributed by atoms with Gasteiger partial charge in [-0.3, -0.25) is 33.1 Å². The number of aliphatic hydroxyl groups is 1. The number of nitrogens with two attached hydrogens (primary N) is 2. The number of carbonyl (C=O) groups excluding carboxylic acids is 1. The number of aliphatic carboxylic acids is 1. The molecule has 0 radical (unpaired) electrons. The van der Waals surface area contributed by atoms with Crippen LogP contribution in [0.15, 0.2) is 76.5 Å². The van der Waals surface area contributed by atoms with Crippen molar-refractivity contribution in [3.05, 3.63) is 83.0 Å². The monoisotopic (exact) mass is 932 g/mol. The number of thiocarbonyl (C=S) groups is 1. The van der Waals surface area contributed by atoms with Crippen molar-refractivity contribution in [2.75, 3.05) is 30.8 Å². The van der Waals surface area contributed by atoms with Gasteiger partial charge in [0.25, 0.3) is 0 Å². The summed E-state index contributed by atoms with van der Waals surface area (Å²) >= 11 is 5.55. The topological polar surface area (TPSA) is 325 Å². The lowest BCUT2D eigenvalue weighted by molar-refractivity contribution is -0.446. The molecule has 1 aliphatic carbocycles. The van der Waals surface area contributed by atoms with Gasteiger partial charge < -0.3 is 51.7 Å². The van der Waals surface area contributed by atoms with Crippen LogP contribution in [-0.4, -0.2) is 95.9 Å². The average molecular weight is 933 g/mol. The predicted octanol–water partition coefficient (Wildman–Crippen LogP) is 3.28. The van der Waals surface area contributed by atoms with Crippen molar-refractivity contribution in [2.45, 2.75) is 76.0 Å². The van der Waals surface area contributed by atoms with E-state index in [1.54, 1.807) is 18.2 Å². The van der Waals surface area contributed by atoms with E-state index >= 15 is 0 Å². The molecule has 4 aromatic rings. The highest BCUT2D eigenvalue weighted by atomic mass is 32.1. The number of aromatic nitrogens is 4. The number of hydrogen-bond donors (Lipinski definition) is 8. The second-order valence-electron chi connectivity index (χ2n) is 15.4. The highest BCUT2D eigenvalue weighted by molar-refractivity contribution is 7.80. The second kappa shape index (κ2) is 20.4. The van der Waals surface area contributed by atoms with Gasteiger partial charge >= 0.3 is 13.7 Å². The molecule has 3 aliphatic rings. The van der Waals surface area contributed by atoms with Crippen LogP contribution in [0, 0.1) is 6.92 Å². The van der Waals surface area contributed by atoms with Crippen LogP contribution in [-0.2, 0) is 27.9 Å². The number of nitrogens with one attached hydrogen (secondary N) is 3. The molecule has 7 rings (SSSR count). The summed E-state index contributed by atoms with van der Waals surface area (Å²) in [4.78, 5) is 48.1. The molecule has 2 aromatic carbocycles. The number of aromatic hydroxyl groups is 1. The first kappa shape index (κ1) is 46.9. The summed E-state index contributed by atoms with van der Waals surface area (Å²) in [5.74, 6) is -1.64. The van der Waals surface area contributed by atoms with Crippen molar-refractivity contribution in [1.29, 1.82) is 0 Å². The Kier molecular flexibility index (Phi) is 14.7. The first-order chi connectivity index (χ1) is 31.1. The summed E-state index contributed by atoms with van der Waals surface area (Å²) in [6, 6.07) is 14.0. The maximum Gasteiger partial charge on any atom is 0.435 e. The minimum atomic E-state index is -4.50. The molecule has 10 N–H and O–H groups in total. The maximum atomic E-state index is 13.9. The van der Waals surface area contributed by atoms with Crippen molar-refractivity contribution in [3.8, 4) is 28.2 Å². The molecule has 4 heterocycles. The number of aryl methyl sites for hydroxylation is 1. The van der Waals surface area contributed by atoms with Crippen molar-refractivity contribution in [1.82, 2.24) is 29.9 Å². The summed E-state index contributed by atoms with van der Waals surface area (Å²) in [5, 5.41) is 52.7. The third-order valence-electron chi connectivity index (χ3n) is 10.7. The van der Waals surface area contributed by atoms with Crippen LogP contribution < -0.4 is 37.7 Å². The number of amides is 1. The lowest BCUT2D eigenvalue weighted by Crippen LogP contribution is -2.43. The van der Waals surface area contributed by atoms with E-state index in [-0.39, 0.29) is 41.2 Å². The van der Waals surface area contributed by atoms with Crippen LogP contribution in [0.1, 0.15) is 50.3 Å². The number of phenols is 1. The Morgan fingerprint density at radius 2 is 1.83 bits per heavy atom. The molecule has 344 valence electrons. The van der Waals surface area contributed by atoms with Crippen molar-refractivity contribution in [3.63, 3.8) is 0 Å². The molecule has 23 heteroatoms. The third-order valence-corrected chi connectivity index (χ3v) is 12.4. The zero-order valence-electron chi connectivity index (χ0n) is 34.9. The molecular weight excluding hydrogens is 886 g/mol. The number of fused-ring (bicyclic) bond motifs is 3. The van der Waals surface area contributed by atoms with Gasteiger partial charge in [0.1, 0.15) is 41.3 Å². The van der Waals surface area contributed by atoms with Gasteiger partial charge in [-0.05, 0) is 92.0 Å². The van der Waals surface area contributed by atoms with E-state index in [2.05, 4.69) is 30.7 Å². The number of nitrogen functional groups attached to an aromatic ring is 1. The Morgan fingerprint density at radius 1 is 1.05 bits per heavy atom. The van der Waals surface area contributed by atoms with E-state index in [0.29, 0.717) is 42.3 Å². The predicted molar refractivity (Wildman–Crippen MR) is 240 cm³/mol. The molecule has 2 aromatic heterocycles. The van der Waals surface area contributed by atoms with Crippen LogP contribution in [0.2, 0.25) is 0 Å². The second-order valence-corrected chi connectivity index (χ2v) is 17.5. The molecule has 21 nitrogen and oxygen atoms in total. The number of ether oxygens (including phenoxy) is 1. The van der Waals surface area contributed by atoms with Gasteiger partial charge in [0.2, 0.25) is 5.91 Å². The molecule has 1 amide bonds. The summed E-state index contributed by atoms with van der Waals surface area (Å²) in [7, 11) is -4.50. The number of rotatable bonds is 19. The third kappa shape index (κ3) is 11.1. The first-order valence-corrected chi connectivity index (χ1v) is 22.5. The van der Waals surface area contributed by atoms with Crippen molar-refractivity contribution < 1.29 is 52.8 Å². The van der Waals surface area contributed by atoms with Gasteiger partial charge in [0, 0.05) is 47.3 Å². The molecule has 1 saturated heterocycles. The van der Waals surface area contributed by atoms with Gasteiger partial charge in [-0.1, -0.05) is 18.9 Å². The van der Waals surface area contributed by atoms with Gasteiger partial charge in [-0.25, -0.2) is 19.5 Å². The summed E-state index contributed by atoms with van der Waals surface area (Å²) in [5.41, 5.74) is 16.6. The van der Waals surface area contributed by atoms with Gasteiger partial charge in [0.05, 0.1) is 31.7 Å². The van der Waals surface area contributed by atoms with E-state index in [0.717, 1.165) is 39.7 Å². The normalized spacial score (nSPS) is 18.7. The molecule has 0 saturated carbocycles. The molecule has 6 atom stereocenters. The van der Waals surface area contributed by atoms with Gasteiger partial charge in [-0.2, -0.15) is 0 Å². The quantitative estimate of drug-likeness (QED) is 0.0250. The van der Waals surface area contributed by atoms with Crippen LogP contribution in [0.5, 0.6) is 5.75 Å². The van der Waals surface area contributed by atoms with Gasteiger partial charge in [0.15, 0.2) is 22.0 Å². The molecular formula is C42H47N9O12PS-. The zero-order chi connectivity index (χ0) is 46.4. The van der Waals surface area contributed by atoms with Crippen LogP contribution >= 0.6 is 20.0 Å². The lowest BCUT2D eigenvalue weighted by atomic mass is 9.91. The standard InChI is InChI=1S/C42H47N9O12PS/c1-22-16-23(6-9-26(22)34-27-10-7-24(52)17-30(27)62-31-18-25(53)8-11-28(31)34)49-42(65)45-14-4-2-3-5-15-60-64(59,50-40(58)29(43)12-13-33(54)55)61-19-32-36(56)37(57)41(63-32)51-21-48-35-38(44)46-20-47-39(35)51/h6-11,16-18,20-21,29,32,36-37,41,52,56H,2-5,12-15,19,43H2,1H3,(H,54,55)(H2,44,46,47)(H2,45,49,65)(H,50,58,59)/q-1/t29-,32+,36?,37?,41+,64?/m0/s1. The number of nitrogens with zero attached hydrogens (tertiary/aromatic N) is 4. The number of benzene rings is 3. The fraction of sp³-hybridized carbons (Fsp3) is 0.357. The highest BCUT2D eigenvalue weighted by Gasteiger charge is 2.41. The van der Waals surface area contributed by atoms with E-state index < -0.39 is 63.2 Å². The van der Waals surface area contributed by atoms with Crippen LogP contribution in [0.3, 0.4) is 0 Å². The Hall–Kier alpha value is -6.10. The molecule has 3 unspecified atom stereocenters. The van der Waals surface area contributed by atoms with Crippen LogP contribution in [0.25, 0.3) is 44.6 Å². The average Bonchev–Trinajstić information content (AvgIpc) is 3.82. The number of anilines is 2. The van der Waals surface area contributed by atoms with Gasteiger partial charge in [-0.15, -0.1) is 0 Å². The fourth-order valence-electron chi connectivity index (χ4n) is 7.35. The number of phenolic OH excluding ortho intramolecular Hbond substituents is 1. The SMILES string of the molecule is Cc1cc(NC(=S)NCCCCCCOP(=O)(NC(=O)[C@@H](N)CCC(=O)O)OC[C@H]2O[C@@H](n3cnc4c(N)ncnc43)C([O-])C2O)ccc1-c1c2ccc(=O)cc-2oc2cc(O)ccc12. The zero-order valence-corrected chi connectivity index (χ0v) is 36.6. The molecule has 2 aliphatic heterocycles. The largest absolute Gasteiger partial charge is 0.847 e. The molecule has 0 bridgehead atoms.